The van der Waals surface area contributed by atoms with Crippen molar-refractivity contribution in [2.45, 2.75) is 180 Å². The lowest BCUT2D eigenvalue weighted by Crippen LogP contribution is -2.60. The van der Waals surface area contributed by atoms with Crippen LogP contribution < -0.4 is 5.32 Å². The number of thioether (sulfide) groups is 1. The molecule has 2 saturated heterocycles. The minimum atomic E-state index is -1.05. The molecule has 1 aromatic carbocycles. The first-order valence-electron chi connectivity index (χ1n) is 25.5. The quantitative estimate of drug-likeness (QED) is 0.0649. The first-order chi connectivity index (χ1) is 33.0. The summed E-state index contributed by atoms with van der Waals surface area (Å²) in [6, 6.07) is 6.35. The number of unbranched alkanes of at least 4 members (excludes halogenated alkanes) is 2. The molecule has 0 saturated carbocycles. The number of imide groups is 1. The van der Waals surface area contributed by atoms with Crippen molar-refractivity contribution in [3.05, 3.63) is 35.9 Å². The zero-order valence-electron chi connectivity index (χ0n) is 44.3. The van der Waals surface area contributed by atoms with Gasteiger partial charge in [0.2, 0.25) is 35.4 Å². The van der Waals surface area contributed by atoms with Crippen molar-refractivity contribution in [3.8, 4) is 0 Å². The Hall–Kier alpha value is -4.35. The number of ketones is 1. The summed E-state index contributed by atoms with van der Waals surface area (Å²) in [5, 5.41) is 12.9. The van der Waals surface area contributed by atoms with Crippen molar-refractivity contribution in [2.24, 2.45) is 29.6 Å². The van der Waals surface area contributed by atoms with Crippen molar-refractivity contribution in [1.29, 1.82) is 0 Å². The van der Waals surface area contributed by atoms with Gasteiger partial charge in [-0.15, -0.1) is 11.8 Å². The van der Waals surface area contributed by atoms with Crippen molar-refractivity contribution < 1.29 is 52.9 Å². The summed E-state index contributed by atoms with van der Waals surface area (Å²) in [5.74, 6) is -5.22. The summed E-state index contributed by atoms with van der Waals surface area (Å²) in [5.41, 5.74) is 0.826. The minimum absolute atomic E-state index is 0.0655. The highest BCUT2D eigenvalue weighted by atomic mass is 32.2. The number of likely N-dealkylation sites (N-methyl/N-ethyl adjacent to an activating group) is 2. The number of nitrogens with one attached hydrogen (secondary N) is 1. The van der Waals surface area contributed by atoms with E-state index in [9.17, 15) is 43.5 Å². The number of nitrogens with zero attached hydrogens (tertiary/aromatic N) is 4. The summed E-state index contributed by atoms with van der Waals surface area (Å²) >= 11 is 1.50. The van der Waals surface area contributed by atoms with Gasteiger partial charge in [0, 0.05) is 66.6 Å². The number of amides is 6. The van der Waals surface area contributed by atoms with Gasteiger partial charge in [-0.3, -0.25) is 43.3 Å². The van der Waals surface area contributed by atoms with Gasteiger partial charge >= 0.3 is 5.97 Å². The number of hydrogen-bond acceptors (Lipinski definition) is 11. The van der Waals surface area contributed by atoms with Gasteiger partial charge in [-0.05, 0) is 60.7 Å². The monoisotopic (exact) mass is 1000 g/mol. The molecule has 0 radical (unpaired) electrons. The van der Waals surface area contributed by atoms with Crippen molar-refractivity contribution in [2.75, 3.05) is 41.4 Å². The van der Waals surface area contributed by atoms with Crippen LogP contribution >= 0.6 is 11.8 Å². The minimum Gasteiger partial charge on any atom is -0.481 e. The fourth-order valence-electron chi connectivity index (χ4n) is 10.2. The van der Waals surface area contributed by atoms with E-state index in [1.807, 2.05) is 85.7 Å². The summed E-state index contributed by atoms with van der Waals surface area (Å²) < 4.78 is 12.0. The third-order valence-electron chi connectivity index (χ3n) is 14.3. The van der Waals surface area contributed by atoms with E-state index in [4.69, 9.17) is 9.47 Å². The molecule has 2 fully saturated rings. The SMILES string of the molecule is CC[C@H](C)C([C@@H](CC(=O)N1CCCC1[C@H](OC)[C@@H](C)C(=O)CC(Cc1ccccc1)C(=O)O)OC)N(C)C(=O)[C@@H](NC(=O)[C@H](C(C)C)N(C)C(=O)CCCCCN1C(=O)CC(SC(C)C)C1=O)C(C)C. The van der Waals surface area contributed by atoms with Crippen LogP contribution in [0, 0.1) is 29.6 Å². The number of benzene rings is 1. The predicted octanol–water partition coefficient (Wildman–Crippen LogP) is 6.26. The molecule has 70 heavy (non-hydrogen) atoms. The third-order valence-corrected chi connectivity index (χ3v) is 15.6. The van der Waals surface area contributed by atoms with Crippen molar-refractivity contribution >= 4 is 59.0 Å². The molecular formula is C53H85N5O11S. The first kappa shape index (κ1) is 60.0. The van der Waals surface area contributed by atoms with Crippen LogP contribution in [0.2, 0.25) is 0 Å². The van der Waals surface area contributed by atoms with Crippen LogP contribution in [0.25, 0.3) is 0 Å². The molecule has 2 heterocycles. The van der Waals surface area contributed by atoms with Crippen LogP contribution in [-0.4, -0.2) is 160 Å². The van der Waals surface area contributed by atoms with E-state index in [-0.39, 0.29) is 95.7 Å². The number of likely N-dealkylation sites (tertiary alicyclic amines) is 2. The summed E-state index contributed by atoms with van der Waals surface area (Å²) in [6.07, 6.45) is 2.61. The van der Waals surface area contributed by atoms with Gasteiger partial charge in [0.1, 0.15) is 17.9 Å². The number of hydrogen-bond donors (Lipinski definition) is 2. The Morgan fingerprint density at radius 2 is 1.53 bits per heavy atom. The first-order valence-corrected chi connectivity index (χ1v) is 26.4. The van der Waals surface area contributed by atoms with E-state index in [0.717, 1.165) is 5.56 Å². The van der Waals surface area contributed by atoms with E-state index in [1.54, 1.807) is 30.8 Å². The third kappa shape index (κ3) is 16.3. The number of methoxy groups -OCH3 is 2. The van der Waals surface area contributed by atoms with Crippen LogP contribution in [0.15, 0.2) is 30.3 Å². The van der Waals surface area contributed by atoms with Crippen LogP contribution in [0.1, 0.15) is 132 Å². The van der Waals surface area contributed by atoms with Gasteiger partial charge in [0.15, 0.2) is 0 Å². The molecule has 0 spiro atoms. The lowest BCUT2D eigenvalue weighted by atomic mass is 9.85. The van der Waals surface area contributed by atoms with Crippen LogP contribution in [0.5, 0.6) is 0 Å². The molecule has 16 nitrogen and oxygen atoms in total. The molecule has 3 rings (SSSR count). The number of rotatable bonds is 30. The van der Waals surface area contributed by atoms with E-state index < -0.39 is 60.1 Å². The highest BCUT2D eigenvalue weighted by molar-refractivity contribution is 8.01. The Morgan fingerprint density at radius 1 is 0.871 bits per heavy atom. The fourth-order valence-corrected chi connectivity index (χ4v) is 11.3. The van der Waals surface area contributed by atoms with Gasteiger partial charge < -0.3 is 34.6 Å². The van der Waals surface area contributed by atoms with E-state index in [0.29, 0.717) is 51.6 Å². The topological polar surface area (TPSA) is 200 Å². The van der Waals surface area contributed by atoms with E-state index >= 15 is 0 Å². The summed E-state index contributed by atoms with van der Waals surface area (Å²) in [4.78, 5) is 114. The molecule has 17 heteroatoms. The largest absolute Gasteiger partial charge is 0.481 e. The molecule has 10 atom stereocenters. The number of carboxylic acids is 1. The molecule has 0 aromatic heterocycles. The Kier molecular flexibility index (Phi) is 24.5. The molecule has 6 amide bonds. The van der Waals surface area contributed by atoms with Crippen LogP contribution in [0.3, 0.4) is 0 Å². The normalized spacial score (nSPS) is 19.7. The number of aliphatic carboxylic acids is 1. The second-order valence-corrected chi connectivity index (χ2v) is 22.3. The Bertz CT molecular complexity index is 1920. The van der Waals surface area contributed by atoms with E-state index in [2.05, 4.69) is 5.32 Å². The highest BCUT2D eigenvalue weighted by Crippen LogP contribution is 2.32. The molecule has 2 aliphatic rings. The summed E-state index contributed by atoms with van der Waals surface area (Å²) in [7, 11) is 6.28. The second kappa shape index (κ2) is 28.6. The maximum atomic E-state index is 14.6. The molecular weight excluding hydrogens is 915 g/mol. The Morgan fingerprint density at radius 3 is 2.09 bits per heavy atom. The molecule has 0 bridgehead atoms. The second-order valence-electron chi connectivity index (χ2n) is 20.5. The highest BCUT2D eigenvalue weighted by Gasteiger charge is 2.44. The number of carbonyl (C=O) groups is 8. The van der Waals surface area contributed by atoms with Gasteiger partial charge in [-0.2, -0.15) is 0 Å². The number of carboxylic acid groups (broad SMARTS) is 1. The zero-order chi connectivity index (χ0) is 52.6. The standard InChI is InChI=1S/C53H85N5O11S/c1-14-35(8)48(41(68-12)30-44(61)57-27-21-24-39(57)49(69-13)36(9)40(59)29-38(53(66)67)28-37-22-17-15-18-23-37)56(11)52(65)46(32(2)3)54-50(63)47(33(4)5)55(10)43(60)25-19-16-20-26-58-45(62)31-42(51(58)64)70-34(6)7/h15,17-18,22-23,32-36,38-39,41-42,46-49H,14,16,19-21,24-31H2,1-13H3,(H,54,63)(H,66,67)/t35-,36-,38?,39?,41+,42?,46-,47-,48?,49+/m0/s1. The molecule has 0 aliphatic carbocycles. The molecule has 2 aliphatic heterocycles. The molecule has 4 unspecified atom stereocenters. The van der Waals surface area contributed by atoms with Gasteiger partial charge in [-0.25, -0.2) is 0 Å². The number of ether oxygens (including phenoxy) is 2. The summed E-state index contributed by atoms with van der Waals surface area (Å²) in [6.45, 7) is 17.9. The van der Waals surface area contributed by atoms with Crippen molar-refractivity contribution in [1.82, 2.24) is 24.9 Å². The average Bonchev–Trinajstić information content (AvgIpc) is 3.90. The molecule has 394 valence electrons. The number of carbonyl (C=O) groups excluding carboxylic acids is 7. The maximum absolute atomic E-state index is 14.6. The Balaban J connectivity index is 1.69. The van der Waals surface area contributed by atoms with Crippen LogP contribution in [0.4, 0.5) is 0 Å². The van der Waals surface area contributed by atoms with Crippen molar-refractivity contribution in [3.63, 3.8) is 0 Å². The fraction of sp³-hybridized carbons (Fsp3) is 0.736. The molecule has 2 N–H and O–H groups in total. The smallest absolute Gasteiger partial charge is 0.307 e. The predicted molar refractivity (Wildman–Crippen MR) is 272 cm³/mol. The maximum Gasteiger partial charge on any atom is 0.307 e. The van der Waals surface area contributed by atoms with Gasteiger partial charge in [0.25, 0.3) is 0 Å². The zero-order valence-corrected chi connectivity index (χ0v) is 45.1. The average molecular weight is 1000 g/mol. The number of Topliss-reactive ketones (excluding diaryl/α,β-unsaturated/α-hetero) is 1. The van der Waals surface area contributed by atoms with Gasteiger partial charge in [0.05, 0.1) is 41.9 Å². The lowest BCUT2D eigenvalue weighted by Gasteiger charge is -2.41. The van der Waals surface area contributed by atoms with Gasteiger partial charge in [-0.1, -0.05) is 105 Å². The van der Waals surface area contributed by atoms with E-state index in [1.165, 1.54) is 35.8 Å². The Labute approximate surface area is 422 Å². The lowest BCUT2D eigenvalue weighted by molar-refractivity contribution is -0.149. The van der Waals surface area contributed by atoms with Crippen LogP contribution in [-0.2, 0) is 54.3 Å². The molecule has 1 aromatic rings.